The number of aryl methyl sites for hydroxylation is 1. The van der Waals surface area contributed by atoms with Crippen LogP contribution < -0.4 is 5.56 Å². The third-order valence-corrected chi connectivity index (χ3v) is 6.88. The van der Waals surface area contributed by atoms with Crippen molar-refractivity contribution in [3.05, 3.63) is 74.5 Å². The molecule has 1 saturated heterocycles. The van der Waals surface area contributed by atoms with Crippen molar-refractivity contribution in [3.8, 4) is 22.4 Å². The highest BCUT2D eigenvalue weighted by atomic mass is 35.5. The lowest BCUT2D eigenvalue weighted by atomic mass is 9.93. The number of ketones is 1. The molecule has 2 aromatic carbocycles. The summed E-state index contributed by atoms with van der Waals surface area (Å²) >= 11 is 12.1. The molecular formula is C26H26Cl2N2O7. The predicted molar refractivity (Wildman–Crippen MR) is 138 cm³/mol. The summed E-state index contributed by atoms with van der Waals surface area (Å²) in [5.74, 6) is -0.464. The van der Waals surface area contributed by atoms with Crippen molar-refractivity contribution in [2.45, 2.75) is 50.4 Å². The van der Waals surface area contributed by atoms with E-state index in [4.69, 9.17) is 27.9 Å². The molecule has 9 nitrogen and oxygen atoms in total. The molecular weight excluding hydrogens is 523 g/mol. The normalized spacial score (nSPS) is 23.7. The van der Waals surface area contributed by atoms with Crippen LogP contribution in [-0.4, -0.2) is 73.1 Å². The molecule has 0 unspecified atom stereocenters. The van der Waals surface area contributed by atoms with E-state index >= 15 is 0 Å². The lowest BCUT2D eigenvalue weighted by Gasteiger charge is -2.40. The molecule has 0 radical (unpaired) electrons. The van der Waals surface area contributed by atoms with Crippen molar-refractivity contribution in [1.82, 2.24) is 9.78 Å². The third-order valence-electron chi connectivity index (χ3n) is 6.38. The number of nitrogens with zero attached hydrogens (tertiary/aromatic N) is 2. The Kier molecular flexibility index (Phi) is 8.45. The minimum absolute atomic E-state index is 0.00600. The minimum Gasteiger partial charge on any atom is -0.394 e. The Labute approximate surface area is 222 Å². The third kappa shape index (κ3) is 5.63. The van der Waals surface area contributed by atoms with Gasteiger partial charge in [0, 0.05) is 27.7 Å². The summed E-state index contributed by atoms with van der Waals surface area (Å²) in [7, 11) is 0. The fourth-order valence-corrected chi connectivity index (χ4v) is 4.67. The molecule has 1 aliphatic rings. The van der Waals surface area contributed by atoms with Crippen molar-refractivity contribution in [1.29, 1.82) is 0 Å². The van der Waals surface area contributed by atoms with Gasteiger partial charge in [-0.25, -0.2) is 4.68 Å². The lowest BCUT2D eigenvalue weighted by molar-refractivity contribution is -0.230. The van der Waals surface area contributed by atoms with Gasteiger partial charge in [0.25, 0.3) is 5.56 Å². The number of hydrogen-bond donors (Lipinski definition) is 4. The maximum Gasteiger partial charge on any atom is 0.278 e. The molecule has 37 heavy (non-hydrogen) atoms. The van der Waals surface area contributed by atoms with E-state index in [2.05, 4.69) is 5.10 Å². The Bertz CT molecular complexity index is 1330. The molecule has 0 aliphatic carbocycles. The van der Waals surface area contributed by atoms with Crippen LogP contribution in [0.4, 0.5) is 0 Å². The fraction of sp³-hybridized carbons (Fsp3) is 0.346. The summed E-state index contributed by atoms with van der Waals surface area (Å²) in [5.41, 5.74) is 1.18. The number of rotatable bonds is 7. The maximum atomic E-state index is 13.5. The second kappa shape index (κ2) is 11.4. The van der Waals surface area contributed by atoms with Crippen LogP contribution in [0.5, 0.6) is 0 Å². The van der Waals surface area contributed by atoms with E-state index in [9.17, 15) is 30.0 Å². The summed E-state index contributed by atoms with van der Waals surface area (Å²) in [6, 6.07) is 13.5. The molecule has 0 bridgehead atoms. The van der Waals surface area contributed by atoms with E-state index in [0.717, 1.165) is 4.68 Å². The predicted octanol–water partition coefficient (Wildman–Crippen LogP) is 2.32. The average molecular weight is 549 g/mol. The van der Waals surface area contributed by atoms with E-state index in [1.165, 1.54) is 6.92 Å². The number of halogens is 2. The molecule has 0 saturated carbocycles. The highest BCUT2D eigenvalue weighted by Gasteiger charge is 2.43. The van der Waals surface area contributed by atoms with Crippen LogP contribution in [0.15, 0.2) is 53.3 Å². The van der Waals surface area contributed by atoms with Crippen molar-refractivity contribution >= 4 is 29.0 Å². The second-order valence-electron chi connectivity index (χ2n) is 8.85. The largest absolute Gasteiger partial charge is 0.394 e. The summed E-state index contributed by atoms with van der Waals surface area (Å²) in [6.07, 6.45) is -6.55. The average Bonchev–Trinajstić information content (AvgIpc) is 2.88. The Morgan fingerprint density at radius 1 is 0.919 bits per heavy atom. The zero-order chi connectivity index (χ0) is 26.9. The SMILES string of the molecule is CC(=O)c1c(-c2ccc(Cl)cc2)c(-c2ccc(Cl)cc2)nn(CC[C@@H]2O[C@H](CO)[C@@H](O)[C@H](O)[C@H]2O)c1=O. The molecule has 0 amide bonds. The summed E-state index contributed by atoms with van der Waals surface area (Å²) in [5, 5.41) is 45.5. The van der Waals surface area contributed by atoms with Gasteiger partial charge in [0.2, 0.25) is 0 Å². The monoisotopic (exact) mass is 548 g/mol. The van der Waals surface area contributed by atoms with Crippen LogP contribution >= 0.6 is 23.2 Å². The van der Waals surface area contributed by atoms with Crippen LogP contribution in [0.25, 0.3) is 22.4 Å². The molecule has 5 atom stereocenters. The van der Waals surface area contributed by atoms with Gasteiger partial charge in [0.15, 0.2) is 5.78 Å². The number of hydrogen-bond acceptors (Lipinski definition) is 8. The second-order valence-corrected chi connectivity index (χ2v) is 9.73. The van der Waals surface area contributed by atoms with E-state index < -0.39 is 48.5 Å². The van der Waals surface area contributed by atoms with E-state index in [0.29, 0.717) is 32.4 Å². The number of ether oxygens (including phenoxy) is 1. The molecule has 4 rings (SSSR count). The van der Waals surface area contributed by atoms with Gasteiger partial charge >= 0.3 is 0 Å². The van der Waals surface area contributed by atoms with Gasteiger partial charge < -0.3 is 25.2 Å². The van der Waals surface area contributed by atoms with Crippen molar-refractivity contribution in [2.75, 3.05) is 6.61 Å². The summed E-state index contributed by atoms with van der Waals surface area (Å²) < 4.78 is 6.67. The van der Waals surface area contributed by atoms with E-state index in [-0.39, 0.29) is 18.5 Å². The van der Waals surface area contributed by atoms with Crippen LogP contribution in [0.3, 0.4) is 0 Å². The number of carbonyl (C=O) groups is 1. The number of carbonyl (C=O) groups excluding carboxylic acids is 1. The first-order chi connectivity index (χ1) is 17.6. The summed E-state index contributed by atoms with van der Waals surface area (Å²) in [4.78, 5) is 26.3. The number of aliphatic hydroxyl groups is 4. The maximum absolute atomic E-state index is 13.5. The molecule has 1 fully saturated rings. The molecule has 11 heteroatoms. The molecule has 0 spiro atoms. The smallest absolute Gasteiger partial charge is 0.278 e. The first-order valence-corrected chi connectivity index (χ1v) is 12.4. The van der Waals surface area contributed by atoms with Gasteiger partial charge in [0.05, 0.1) is 24.0 Å². The van der Waals surface area contributed by atoms with Crippen LogP contribution in [0.2, 0.25) is 10.0 Å². The van der Waals surface area contributed by atoms with Gasteiger partial charge in [-0.2, -0.15) is 5.10 Å². The van der Waals surface area contributed by atoms with Crippen molar-refractivity contribution in [2.24, 2.45) is 0 Å². The number of aliphatic hydroxyl groups excluding tert-OH is 4. The molecule has 196 valence electrons. The first-order valence-electron chi connectivity index (χ1n) is 11.6. The minimum atomic E-state index is -1.54. The van der Waals surface area contributed by atoms with Crippen LogP contribution in [-0.2, 0) is 11.3 Å². The fourth-order valence-electron chi connectivity index (χ4n) is 4.42. The van der Waals surface area contributed by atoms with Gasteiger partial charge in [-0.3, -0.25) is 9.59 Å². The highest BCUT2D eigenvalue weighted by molar-refractivity contribution is 6.31. The van der Waals surface area contributed by atoms with E-state index in [1.54, 1.807) is 48.5 Å². The van der Waals surface area contributed by atoms with Crippen LogP contribution in [0.1, 0.15) is 23.7 Å². The standard InChI is InChI=1S/C26H26Cl2N2O7/c1-13(32)20-21(14-2-6-16(27)7-3-14)22(15-4-8-17(28)9-5-15)29-30(26(20)36)11-10-18-23(33)25(35)24(34)19(12-31)37-18/h2-9,18-19,23-25,31,33-35H,10-12H2,1H3/t18-,19+,23-,24+,25+/m0/s1. The van der Waals surface area contributed by atoms with Crippen molar-refractivity contribution < 1.29 is 30.0 Å². The van der Waals surface area contributed by atoms with Crippen molar-refractivity contribution in [3.63, 3.8) is 0 Å². The molecule has 3 aromatic rings. The number of aromatic nitrogens is 2. The van der Waals surface area contributed by atoms with Gasteiger partial charge in [-0.1, -0.05) is 47.5 Å². The molecule has 1 aliphatic heterocycles. The number of Topliss-reactive ketones (excluding diaryl/α,β-unsaturated/α-hetero) is 1. The molecule has 2 heterocycles. The summed E-state index contributed by atoms with van der Waals surface area (Å²) in [6.45, 7) is 0.650. The quantitative estimate of drug-likeness (QED) is 0.329. The van der Waals surface area contributed by atoms with Crippen LogP contribution in [0, 0.1) is 0 Å². The zero-order valence-corrected chi connectivity index (χ0v) is 21.3. The molecule has 1 aromatic heterocycles. The van der Waals surface area contributed by atoms with Gasteiger partial charge in [0.1, 0.15) is 24.4 Å². The van der Waals surface area contributed by atoms with E-state index in [1.807, 2.05) is 0 Å². The topological polar surface area (TPSA) is 142 Å². The Balaban J connectivity index is 1.81. The number of benzene rings is 2. The Morgan fingerprint density at radius 2 is 1.46 bits per heavy atom. The van der Waals surface area contributed by atoms with Gasteiger partial charge in [-0.05, 0) is 43.2 Å². The Morgan fingerprint density at radius 3 is 2.00 bits per heavy atom. The highest BCUT2D eigenvalue weighted by Crippen LogP contribution is 2.34. The Hall–Kier alpha value is -2.63. The van der Waals surface area contributed by atoms with Gasteiger partial charge in [-0.15, -0.1) is 0 Å². The zero-order valence-electron chi connectivity index (χ0n) is 19.8. The lowest BCUT2D eigenvalue weighted by Crippen LogP contribution is -2.58. The first kappa shape index (κ1) is 27.4. The molecule has 4 N–H and O–H groups in total.